The fraction of sp³-hybridized carbons (Fsp3) is 0.193. The van der Waals surface area contributed by atoms with E-state index in [4.69, 9.17) is 39.1 Å². The lowest BCUT2D eigenvalue weighted by Crippen LogP contribution is -2.31. The largest absolute Gasteiger partial charge is 0.497 e. The van der Waals surface area contributed by atoms with Crippen molar-refractivity contribution in [1.82, 2.24) is 0 Å². The van der Waals surface area contributed by atoms with E-state index < -0.39 is 0 Å². The Labute approximate surface area is 406 Å². The van der Waals surface area contributed by atoms with Gasteiger partial charge in [0, 0.05) is 58.4 Å². The van der Waals surface area contributed by atoms with Crippen LogP contribution in [-0.4, -0.2) is 52.2 Å². The average Bonchev–Trinajstić information content (AvgIpc) is 3.67. The molecule has 0 N–H and O–H groups in total. The number of azo groups is 2. The number of benzene rings is 8. The summed E-state index contributed by atoms with van der Waals surface area (Å²) in [5.74, 6) is 1.83. The lowest BCUT2D eigenvalue weighted by atomic mass is 10.0. The van der Waals surface area contributed by atoms with Gasteiger partial charge in [0.25, 0.3) is 5.91 Å². The second-order valence-electron chi connectivity index (χ2n) is 16.2. The number of ether oxygens (including phenoxy) is 4. The van der Waals surface area contributed by atoms with E-state index in [2.05, 4.69) is 11.2 Å². The normalized spacial score (nSPS) is 11.9. The summed E-state index contributed by atoms with van der Waals surface area (Å²) in [6.45, 7) is 9.62. The molecular formula is C57H52N6O7. The van der Waals surface area contributed by atoms with Gasteiger partial charge in [-0.2, -0.15) is 10.2 Å². The van der Waals surface area contributed by atoms with Crippen LogP contribution in [0, 0.1) is 0 Å². The number of nitrogens with zero attached hydrogens (tertiary/aromatic N) is 6. The molecule has 0 aliphatic heterocycles. The number of ketones is 1. The van der Waals surface area contributed by atoms with Crippen LogP contribution in [-0.2, 0) is 11.4 Å². The highest BCUT2D eigenvalue weighted by Crippen LogP contribution is 2.45. The van der Waals surface area contributed by atoms with E-state index in [1.54, 1.807) is 31.3 Å². The van der Waals surface area contributed by atoms with E-state index in [1.807, 2.05) is 160 Å². The summed E-state index contributed by atoms with van der Waals surface area (Å²) in [4.78, 5) is 36.7. The molecule has 8 aromatic carbocycles. The second kappa shape index (κ2) is 20.8. The Morgan fingerprint density at radius 3 is 1.64 bits per heavy atom. The van der Waals surface area contributed by atoms with Gasteiger partial charge in [0.15, 0.2) is 17.3 Å². The van der Waals surface area contributed by atoms with Crippen molar-refractivity contribution in [2.45, 2.75) is 34.3 Å². The van der Waals surface area contributed by atoms with Crippen LogP contribution in [0.1, 0.15) is 59.5 Å². The number of amides is 1. The first kappa shape index (κ1) is 46.7. The standard InChI is InChI=1S/C57H52N6O7/c1-7-62(41-19-15-21-43(33-41)66-5)57(65)51-30-37-18-12-14-24-46(37)53(56(51)69-10-4)61-59-40-26-28-48-47-27-25-39(31-49(47)54(64)50(48)32-40)58-60-52-45-23-13-11-17-36(45)29-38(55(52)68-9-3)35-70-63(8-2)42-20-16-22-44(34-42)67-6/h11-34H,7-10,35H2,1-6H3. The summed E-state index contributed by atoms with van der Waals surface area (Å²) < 4.78 is 23.4. The number of hydrogen-bond acceptors (Lipinski definition) is 12. The lowest BCUT2D eigenvalue weighted by Gasteiger charge is -2.24. The van der Waals surface area contributed by atoms with Crippen molar-refractivity contribution in [3.8, 4) is 34.1 Å². The molecule has 0 saturated heterocycles. The Morgan fingerprint density at radius 2 is 1.07 bits per heavy atom. The Balaban J connectivity index is 1.01. The molecule has 0 atom stereocenters. The zero-order chi connectivity index (χ0) is 48.7. The SMILES string of the molecule is CCOc1c(CON(CC)c2cccc(OC)c2)cc2ccccc2c1N=Nc1ccc2c(c1)C(=O)c1cc(N=Nc3c(OCC)c(C(=O)N(CC)c4cccc(OC)c4)cc4ccccc34)ccc1-2. The molecule has 352 valence electrons. The van der Waals surface area contributed by atoms with Crippen LogP contribution in [0.3, 0.4) is 0 Å². The summed E-state index contributed by atoms with van der Waals surface area (Å²) in [5.41, 5.74) is 7.18. The van der Waals surface area contributed by atoms with Gasteiger partial charge in [0.2, 0.25) is 0 Å². The summed E-state index contributed by atoms with van der Waals surface area (Å²) in [7, 11) is 3.23. The van der Waals surface area contributed by atoms with Crippen molar-refractivity contribution >= 4 is 67.4 Å². The van der Waals surface area contributed by atoms with Crippen molar-refractivity contribution in [1.29, 1.82) is 0 Å². The minimum atomic E-state index is -0.257. The molecule has 70 heavy (non-hydrogen) atoms. The Hall–Kier alpha value is -8.42. The molecule has 1 aliphatic carbocycles. The molecule has 0 radical (unpaired) electrons. The Morgan fingerprint density at radius 1 is 0.529 bits per heavy atom. The van der Waals surface area contributed by atoms with E-state index in [9.17, 15) is 9.59 Å². The maximum atomic E-state index is 14.4. The van der Waals surface area contributed by atoms with Crippen LogP contribution in [0.5, 0.6) is 23.0 Å². The molecule has 13 heteroatoms. The second-order valence-corrected chi connectivity index (χ2v) is 16.2. The molecule has 0 spiro atoms. The molecular weight excluding hydrogens is 881 g/mol. The van der Waals surface area contributed by atoms with Crippen molar-refractivity contribution < 1.29 is 33.4 Å². The van der Waals surface area contributed by atoms with E-state index in [0.717, 1.165) is 49.7 Å². The Kier molecular flexibility index (Phi) is 13.9. The van der Waals surface area contributed by atoms with Gasteiger partial charge in [-0.05, 0) is 110 Å². The number of carbonyl (C=O) groups is 2. The van der Waals surface area contributed by atoms with Gasteiger partial charge in [-0.3, -0.25) is 19.5 Å². The van der Waals surface area contributed by atoms with Gasteiger partial charge in [-0.1, -0.05) is 72.8 Å². The predicted molar refractivity (Wildman–Crippen MR) is 275 cm³/mol. The van der Waals surface area contributed by atoms with Crippen LogP contribution in [0.2, 0.25) is 0 Å². The number of rotatable bonds is 18. The molecule has 9 rings (SSSR count). The van der Waals surface area contributed by atoms with Crippen molar-refractivity contribution in [2.24, 2.45) is 20.5 Å². The monoisotopic (exact) mass is 932 g/mol. The molecule has 13 nitrogen and oxygen atoms in total. The van der Waals surface area contributed by atoms with Gasteiger partial charge in [0.1, 0.15) is 29.5 Å². The summed E-state index contributed by atoms with van der Waals surface area (Å²) in [5, 5.41) is 24.1. The highest BCUT2D eigenvalue weighted by Gasteiger charge is 2.29. The first-order valence-electron chi connectivity index (χ1n) is 23.3. The molecule has 0 saturated carbocycles. The van der Waals surface area contributed by atoms with E-state index in [0.29, 0.717) is 82.1 Å². The van der Waals surface area contributed by atoms with Crippen LogP contribution in [0.15, 0.2) is 166 Å². The summed E-state index contributed by atoms with van der Waals surface area (Å²) in [6.07, 6.45) is 0. The quantitative estimate of drug-likeness (QED) is 0.0613. The predicted octanol–water partition coefficient (Wildman–Crippen LogP) is 14.5. The van der Waals surface area contributed by atoms with E-state index >= 15 is 0 Å². The minimum Gasteiger partial charge on any atom is -0.497 e. The average molecular weight is 933 g/mol. The van der Waals surface area contributed by atoms with Crippen molar-refractivity contribution in [3.63, 3.8) is 0 Å². The number of carbonyl (C=O) groups excluding carboxylic acids is 2. The first-order chi connectivity index (χ1) is 34.3. The molecule has 0 bridgehead atoms. The third-order valence-electron chi connectivity index (χ3n) is 12.1. The zero-order valence-electron chi connectivity index (χ0n) is 39.9. The number of fused-ring (bicyclic) bond motifs is 5. The van der Waals surface area contributed by atoms with Crippen LogP contribution >= 0.6 is 0 Å². The highest BCUT2D eigenvalue weighted by molar-refractivity contribution is 6.22. The summed E-state index contributed by atoms with van der Waals surface area (Å²) >= 11 is 0. The van der Waals surface area contributed by atoms with Gasteiger partial charge < -0.3 is 23.8 Å². The third kappa shape index (κ3) is 9.26. The number of methoxy groups -OCH3 is 2. The summed E-state index contributed by atoms with van der Waals surface area (Å²) in [6, 6.07) is 45.6. The fourth-order valence-corrected chi connectivity index (χ4v) is 8.76. The molecule has 0 heterocycles. The maximum absolute atomic E-state index is 14.4. The number of anilines is 2. The minimum absolute atomic E-state index is 0.166. The van der Waals surface area contributed by atoms with Crippen molar-refractivity contribution in [2.75, 3.05) is 50.5 Å². The van der Waals surface area contributed by atoms with Crippen LogP contribution in [0.25, 0.3) is 32.7 Å². The van der Waals surface area contributed by atoms with Gasteiger partial charge in [0.05, 0.1) is 50.1 Å². The smallest absolute Gasteiger partial charge is 0.262 e. The first-order valence-corrected chi connectivity index (χ1v) is 23.3. The highest BCUT2D eigenvalue weighted by atomic mass is 16.7. The Bertz CT molecular complexity index is 3330. The molecule has 8 aromatic rings. The molecule has 1 aliphatic rings. The topological polar surface area (TPSA) is 136 Å². The lowest BCUT2D eigenvalue weighted by molar-refractivity contribution is 0.0952. The van der Waals surface area contributed by atoms with E-state index in [1.165, 1.54) is 0 Å². The van der Waals surface area contributed by atoms with Crippen LogP contribution in [0.4, 0.5) is 34.1 Å². The third-order valence-corrected chi connectivity index (χ3v) is 12.1. The molecule has 1 amide bonds. The molecule has 0 unspecified atom stereocenters. The fourth-order valence-electron chi connectivity index (χ4n) is 8.76. The molecule has 0 fully saturated rings. The molecule has 0 aromatic heterocycles. The zero-order valence-corrected chi connectivity index (χ0v) is 39.9. The maximum Gasteiger partial charge on any atom is 0.262 e. The van der Waals surface area contributed by atoms with Crippen molar-refractivity contribution in [3.05, 3.63) is 168 Å². The van der Waals surface area contributed by atoms with Crippen LogP contribution < -0.4 is 28.9 Å². The van der Waals surface area contributed by atoms with Gasteiger partial charge in [-0.15, -0.1) is 10.2 Å². The van der Waals surface area contributed by atoms with E-state index in [-0.39, 0.29) is 24.9 Å². The number of hydrogen-bond donors (Lipinski definition) is 0. The number of hydroxylamine groups is 1. The van der Waals surface area contributed by atoms with Gasteiger partial charge >= 0.3 is 0 Å². The van der Waals surface area contributed by atoms with Gasteiger partial charge in [-0.25, -0.2) is 0 Å².